The Bertz CT molecular complexity index is 509. The van der Waals surface area contributed by atoms with Gasteiger partial charge in [0.15, 0.2) is 5.65 Å². The van der Waals surface area contributed by atoms with Crippen LogP contribution < -0.4 is 0 Å². The molecule has 0 amide bonds. The van der Waals surface area contributed by atoms with Crippen LogP contribution in [0.4, 0.5) is 0 Å². The fraction of sp³-hybridized carbons (Fsp3) is 0.143. The summed E-state index contributed by atoms with van der Waals surface area (Å²) in [6.45, 7) is 0. The lowest BCUT2D eigenvalue weighted by atomic mass is 10.4. The number of aromatic nitrogens is 4. The zero-order chi connectivity index (χ0) is 9.42. The van der Waals surface area contributed by atoms with Crippen LogP contribution >= 0.6 is 11.6 Å². The van der Waals surface area contributed by atoms with E-state index in [0.29, 0.717) is 11.0 Å². The van der Waals surface area contributed by atoms with E-state index in [1.54, 1.807) is 17.9 Å². The average molecular weight is 194 g/mol. The highest BCUT2D eigenvalue weighted by molar-refractivity contribution is 6.33. The van der Waals surface area contributed by atoms with E-state index in [4.69, 9.17) is 16.9 Å². The van der Waals surface area contributed by atoms with Crippen LogP contribution in [0.2, 0.25) is 5.15 Å². The SMILES string of the molecule is Cn1ncc2c(Cl)nc(C#N)nc21. The van der Waals surface area contributed by atoms with Crippen molar-refractivity contribution in [1.82, 2.24) is 19.7 Å². The van der Waals surface area contributed by atoms with E-state index >= 15 is 0 Å². The normalized spacial score (nSPS) is 10.2. The smallest absolute Gasteiger partial charge is 0.235 e. The van der Waals surface area contributed by atoms with Gasteiger partial charge in [-0.1, -0.05) is 11.6 Å². The molecule has 0 aliphatic heterocycles. The van der Waals surface area contributed by atoms with Gasteiger partial charge in [0.1, 0.15) is 11.2 Å². The molecule has 2 aromatic rings. The lowest BCUT2D eigenvalue weighted by Crippen LogP contribution is -1.95. The van der Waals surface area contributed by atoms with Gasteiger partial charge < -0.3 is 0 Å². The van der Waals surface area contributed by atoms with Crippen LogP contribution in [0.25, 0.3) is 11.0 Å². The summed E-state index contributed by atoms with van der Waals surface area (Å²) in [7, 11) is 1.73. The van der Waals surface area contributed by atoms with E-state index in [1.165, 1.54) is 0 Å². The summed E-state index contributed by atoms with van der Waals surface area (Å²) in [5, 5.41) is 13.5. The van der Waals surface area contributed by atoms with Gasteiger partial charge in [0.2, 0.25) is 5.82 Å². The largest absolute Gasteiger partial charge is 0.250 e. The Morgan fingerprint density at radius 2 is 2.31 bits per heavy atom. The molecule has 0 saturated carbocycles. The lowest BCUT2D eigenvalue weighted by molar-refractivity contribution is 0.784. The summed E-state index contributed by atoms with van der Waals surface area (Å²) >= 11 is 5.80. The summed E-state index contributed by atoms with van der Waals surface area (Å²) < 4.78 is 1.55. The third-order valence-corrected chi connectivity index (χ3v) is 1.93. The Labute approximate surface area is 78.6 Å². The van der Waals surface area contributed by atoms with Gasteiger partial charge in [-0.3, -0.25) is 4.68 Å². The van der Waals surface area contributed by atoms with Crippen LogP contribution in [0, 0.1) is 11.3 Å². The Kier molecular flexibility index (Phi) is 1.64. The molecule has 2 rings (SSSR count). The number of hydrogen-bond donors (Lipinski definition) is 0. The minimum atomic E-state index is 0.0566. The van der Waals surface area contributed by atoms with E-state index in [9.17, 15) is 0 Å². The fourth-order valence-corrected chi connectivity index (χ4v) is 1.25. The molecular formula is C7H4ClN5. The molecule has 64 valence electrons. The molecule has 0 spiro atoms. The second kappa shape index (κ2) is 2.68. The van der Waals surface area contributed by atoms with Crippen LogP contribution in [0.5, 0.6) is 0 Å². The van der Waals surface area contributed by atoms with Gasteiger partial charge in [0.25, 0.3) is 0 Å². The quantitative estimate of drug-likeness (QED) is 0.583. The monoisotopic (exact) mass is 193 g/mol. The maximum atomic E-state index is 8.59. The average Bonchev–Trinajstić information content (AvgIpc) is 2.48. The van der Waals surface area contributed by atoms with Gasteiger partial charge in [-0.2, -0.15) is 15.3 Å². The number of rotatable bonds is 0. The van der Waals surface area contributed by atoms with Crippen LogP contribution in [-0.4, -0.2) is 19.7 Å². The van der Waals surface area contributed by atoms with Gasteiger partial charge in [-0.05, 0) is 0 Å². The molecule has 6 heteroatoms. The maximum absolute atomic E-state index is 8.59. The third kappa shape index (κ3) is 1.12. The van der Waals surface area contributed by atoms with Gasteiger partial charge in [0, 0.05) is 7.05 Å². The van der Waals surface area contributed by atoms with Crippen LogP contribution in [0.15, 0.2) is 6.20 Å². The molecule has 0 N–H and O–H groups in total. The third-order valence-electron chi connectivity index (χ3n) is 1.65. The topological polar surface area (TPSA) is 67.4 Å². The van der Waals surface area contributed by atoms with Crippen molar-refractivity contribution in [2.24, 2.45) is 7.05 Å². The number of nitriles is 1. The van der Waals surface area contributed by atoms with Crippen molar-refractivity contribution in [2.75, 3.05) is 0 Å². The van der Waals surface area contributed by atoms with Crippen molar-refractivity contribution in [2.45, 2.75) is 0 Å². The van der Waals surface area contributed by atoms with Crippen molar-refractivity contribution >= 4 is 22.6 Å². The fourth-order valence-electron chi connectivity index (χ4n) is 1.04. The van der Waals surface area contributed by atoms with Gasteiger partial charge in [-0.15, -0.1) is 0 Å². The van der Waals surface area contributed by atoms with E-state index in [-0.39, 0.29) is 11.0 Å². The highest BCUT2D eigenvalue weighted by Gasteiger charge is 2.08. The second-order valence-electron chi connectivity index (χ2n) is 2.46. The van der Waals surface area contributed by atoms with E-state index in [2.05, 4.69) is 15.1 Å². The van der Waals surface area contributed by atoms with Crippen LogP contribution in [0.1, 0.15) is 5.82 Å². The molecule has 0 aliphatic carbocycles. The summed E-state index contributed by atoms with van der Waals surface area (Å²) in [5.74, 6) is 0.0566. The minimum Gasteiger partial charge on any atom is -0.250 e. The molecule has 0 radical (unpaired) electrons. The first kappa shape index (κ1) is 7.95. The molecule has 0 atom stereocenters. The lowest BCUT2D eigenvalue weighted by Gasteiger charge is -1.94. The molecule has 5 nitrogen and oxygen atoms in total. The van der Waals surface area contributed by atoms with Gasteiger partial charge >= 0.3 is 0 Å². The highest BCUT2D eigenvalue weighted by atomic mass is 35.5. The van der Waals surface area contributed by atoms with Crippen molar-refractivity contribution in [3.05, 3.63) is 17.2 Å². The summed E-state index contributed by atoms with van der Waals surface area (Å²) in [6, 6.07) is 1.83. The number of halogens is 1. The first-order valence-electron chi connectivity index (χ1n) is 3.47. The van der Waals surface area contributed by atoms with Gasteiger partial charge in [-0.25, -0.2) is 4.98 Å². The summed E-state index contributed by atoms with van der Waals surface area (Å²) in [4.78, 5) is 7.73. The predicted octanol–water partition coefficient (Wildman–Crippen LogP) is 0.888. The van der Waals surface area contributed by atoms with Crippen LogP contribution in [0.3, 0.4) is 0 Å². The molecule has 2 heterocycles. The van der Waals surface area contributed by atoms with Crippen LogP contribution in [-0.2, 0) is 7.05 Å². The van der Waals surface area contributed by atoms with Crippen molar-refractivity contribution in [3.8, 4) is 6.07 Å². The Morgan fingerprint density at radius 3 is 3.00 bits per heavy atom. The number of fused-ring (bicyclic) bond motifs is 1. The summed E-state index contributed by atoms with van der Waals surface area (Å²) in [6.07, 6.45) is 1.57. The van der Waals surface area contributed by atoms with Crippen molar-refractivity contribution in [1.29, 1.82) is 5.26 Å². The number of nitrogens with zero attached hydrogens (tertiary/aromatic N) is 5. The zero-order valence-corrected chi connectivity index (χ0v) is 7.45. The van der Waals surface area contributed by atoms with E-state index in [1.807, 2.05) is 6.07 Å². The Hall–Kier alpha value is -1.67. The Morgan fingerprint density at radius 1 is 1.54 bits per heavy atom. The zero-order valence-electron chi connectivity index (χ0n) is 6.69. The standard InChI is InChI=1S/C7H4ClN5/c1-13-7-4(3-10-13)6(8)11-5(2-9)12-7/h3H,1H3. The molecule has 13 heavy (non-hydrogen) atoms. The van der Waals surface area contributed by atoms with E-state index < -0.39 is 0 Å². The highest BCUT2D eigenvalue weighted by Crippen LogP contribution is 2.18. The van der Waals surface area contributed by atoms with E-state index in [0.717, 1.165) is 0 Å². The molecule has 2 aromatic heterocycles. The number of aryl methyl sites for hydroxylation is 1. The molecule has 0 bridgehead atoms. The molecule has 0 fully saturated rings. The Balaban J connectivity index is 2.90. The first-order valence-corrected chi connectivity index (χ1v) is 3.85. The first-order chi connectivity index (χ1) is 6.22. The predicted molar refractivity (Wildman–Crippen MR) is 46.0 cm³/mol. The molecule has 0 aliphatic rings. The van der Waals surface area contributed by atoms with Crippen molar-refractivity contribution < 1.29 is 0 Å². The molecule has 0 aromatic carbocycles. The molecule has 0 unspecified atom stereocenters. The summed E-state index contributed by atoms with van der Waals surface area (Å²) in [5.41, 5.74) is 0.566. The minimum absolute atomic E-state index is 0.0566. The second-order valence-corrected chi connectivity index (χ2v) is 2.81. The maximum Gasteiger partial charge on any atom is 0.235 e. The molecular weight excluding hydrogens is 190 g/mol. The number of hydrogen-bond acceptors (Lipinski definition) is 4. The molecule has 0 saturated heterocycles. The van der Waals surface area contributed by atoms with Gasteiger partial charge in [0.05, 0.1) is 11.6 Å². The van der Waals surface area contributed by atoms with Crippen molar-refractivity contribution in [3.63, 3.8) is 0 Å².